The van der Waals surface area contributed by atoms with E-state index >= 15 is 0 Å². The fourth-order valence-corrected chi connectivity index (χ4v) is 0. The fraction of sp³-hybridized carbons (Fsp3) is 0.667. The summed E-state index contributed by atoms with van der Waals surface area (Å²) in [6.45, 7) is 0. The lowest BCUT2D eigenvalue weighted by molar-refractivity contribution is -0.115. The molecule has 0 rings (SSSR count). The van der Waals surface area contributed by atoms with Gasteiger partial charge in [-0.05, 0) is 0 Å². The van der Waals surface area contributed by atoms with Crippen molar-refractivity contribution in [1.29, 1.82) is 0 Å². The van der Waals surface area contributed by atoms with Crippen LogP contribution in [0, 0.1) is 0 Å². The largest absolute Gasteiger partial charge is 0.631 e. The molecule has 0 saturated carbocycles. The van der Waals surface area contributed by atoms with E-state index in [9.17, 15) is 4.79 Å². The fourth-order valence-electron chi connectivity index (χ4n) is 0. The zero-order valence-corrected chi connectivity index (χ0v) is 5.35. The minimum Gasteiger partial charge on any atom is -0.402 e. The third kappa shape index (κ3) is 109. The summed E-state index contributed by atoms with van der Waals surface area (Å²) in [7, 11) is 1.21. The predicted molar refractivity (Wildman–Crippen MR) is 32.2 cm³/mol. The maximum Gasteiger partial charge on any atom is 0.631 e. The van der Waals surface area contributed by atoms with Gasteiger partial charge < -0.3 is 20.0 Å². The second kappa shape index (κ2) is 7.41. The number of carbonyl (C=O) groups excluding carboxylic acids is 1. The first-order valence-corrected chi connectivity index (χ1v) is 2.16. The minimum atomic E-state index is -2.17. The molecular weight excluding hydrogens is 125 g/mol. The van der Waals surface area contributed by atoms with Crippen molar-refractivity contribution in [3.63, 3.8) is 0 Å². The van der Waals surface area contributed by atoms with Crippen molar-refractivity contribution in [2.24, 2.45) is 0 Å². The van der Waals surface area contributed by atoms with Gasteiger partial charge in [-0.25, -0.2) is 0 Å². The Morgan fingerprint density at radius 2 is 1.44 bits per heavy atom. The number of hydrogen-bond donors (Lipinski definition) is 3. The molecule has 0 radical (unpaired) electrons. The zero-order valence-electron chi connectivity index (χ0n) is 5.35. The highest BCUT2D eigenvalue weighted by atomic mass is 16.5. The smallest absolute Gasteiger partial charge is 0.402 e. The third-order valence-electron chi connectivity index (χ3n) is 0.211. The molecule has 5 nitrogen and oxygen atoms in total. The summed E-state index contributed by atoms with van der Waals surface area (Å²) in [6, 6.07) is 0. The summed E-state index contributed by atoms with van der Waals surface area (Å²) in [5.41, 5.74) is 0. The summed E-state index contributed by atoms with van der Waals surface area (Å²) in [5, 5.41) is 21.5. The maximum atomic E-state index is 9.43. The summed E-state index contributed by atoms with van der Waals surface area (Å²) >= 11 is 0. The first kappa shape index (κ1) is 11.2. The van der Waals surface area contributed by atoms with Crippen molar-refractivity contribution in [2.45, 2.75) is 0 Å². The molecule has 0 spiro atoms. The molecule has 54 valence electrons. The average molecular weight is 135 g/mol. The lowest BCUT2D eigenvalue weighted by atomic mass is 10.3. The minimum absolute atomic E-state index is 0.750. The second-order valence-electron chi connectivity index (χ2n) is 1.42. The Balaban J connectivity index is 0. The van der Waals surface area contributed by atoms with Gasteiger partial charge in [0.25, 0.3) is 0 Å². The van der Waals surface area contributed by atoms with Gasteiger partial charge in [-0.3, -0.25) is 4.79 Å². The summed E-state index contributed by atoms with van der Waals surface area (Å²) in [4.78, 5) is 10.9. The summed E-state index contributed by atoms with van der Waals surface area (Å²) in [5.74, 6) is 0. The van der Waals surface area contributed by atoms with Crippen molar-refractivity contribution in [1.82, 2.24) is 4.90 Å². The first-order chi connectivity index (χ1) is 4.00. The van der Waals surface area contributed by atoms with Gasteiger partial charge in [-0.1, -0.05) is 0 Å². The SMILES string of the molecule is CN(C)C=O.OB(O)O. The van der Waals surface area contributed by atoms with Crippen molar-refractivity contribution in [3.8, 4) is 0 Å². The highest BCUT2D eigenvalue weighted by Gasteiger charge is 1.92. The van der Waals surface area contributed by atoms with E-state index in [0.29, 0.717) is 0 Å². The topological polar surface area (TPSA) is 81.0 Å². The van der Waals surface area contributed by atoms with Crippen molar-refractivity contribution >= 4 is 13.7 Å². The average Bonchev–Trinajstić information content (AvgIpc) is 1.65. The standard InChI is InChI=1S/C3H7NO.BH3O3/c1-4(2)3-5;2-1(3)4/h3H,1-2H3;2-4H. The van der Waals surface area contributed by atoms with Crippen LogP contribution in [-0.4, -0.2) is 47.8 Å². The van der Waals surface area contributed by atoms with Crippen LogP contribution in [0.5, 0.6) is 0 Å². The molecule has 6 heteroatoms. The molecule has 1 amide bonds. The van der Waals surface area contributed by atoms with Crippen LogP contribution in [0.15, 0.2) is 0 Å². The normalized spacial score (nSPS) is 6.78. The van der Waals surface area contributed by atoms with Gasteiger partial charge in [0.15, 0.2) is 0 Å². The number of rotatable bonds is 1. The highest BCUT2D eigenvalue weighted by Crippen LogP contribution is 1.52. The van der Waals surface area contributed by atoms with Crippen LogP contribution < -0.4 is 0 Å². The van der Waals surface area contributed by atoms with Crippen molar-refractivity contribution < 1.29 is 19.9 Å². The van der Waals surface area contributed by atoms with Gasteiger partial charge in [0.1, 0.15) is 0 Å². The molecule has 3 N–H and O–H groups in total. The van der Waals surface area contributed by atoms with E-state index in [0.717, 1.165) is 6.41 Å². The molecule has 0 aliphatic carbocycles. The molecule has 0 fully saturated rings. The van der Waals surface area contributed by atoms with Crippen LogP contribution in [0.2, 0.25) is 0 Å². The Morgan fingerprint density at radius 1 is 1.33 bits per heavy atom. The Morgan fingerprint density at radius 3 is 1.44 bits per heavy atom. The molecule has 9 heavy (non-hydrogen) atoms. The van der Waals surface area contributed by atoms with Crippen LogP contribution in [-0.2, 0) is 4.79 Å². The van der Waals surface area contributed by atoms with E-state index in [4.69, 9.17) is 15.1 Å². The molecule has 0 bridgehead atoms. The molecule has 0 aliphatic rings. The molecule has 0 aromatic heterocycles. The van der Waals surface area contributed by atoms with Gasteiger partial charge in [-0.15, -0.1) is 0 Å². The van der Waals surface area contributed by atoms with E-state index in [2.05, 4.69) is 0 Å². The van der Waals surface area contributed by atoms with Crippen LogP contribution in [0.3, 0.4) is 0 Å². The lowest BCUT2D eigenvalue weighted by Crippen LogP contribution is -2.07. The Labute approximate surface area is 53.7 Å². The van der Waals surface area contributed by atoms with Gasteiger partial charge >= 0.3 is 7.32 Å². The number of amides is 1. The monoisotopic (exact) mass is 135 g/mol. The Kier molecular flexibility index (Phi) is 9.26. The summed E-state index contributed by atoms with van der Waals surface area (Å²) < 4.78 is 0. The molecule has 0 aliphatic heterocycles. The van der Waals surface area contributed by atoms with Crippen LogP contribution in [0.4, 0.5) is 0 Å². The summed E-state index contributed by atoms with van der Waals surface area (Å²) in [6.07, 6.45) is 0.750. The van der Waals surface area contributed by atoms with E-state index in [1.165, 1.54) is 4.90 Å². The third-order valence-corrected chi connectivity index (χ3v) is 0.211. The van der Waals surface area contributed by atoms with Crippen LogP contribution in [0.1, 0.15) is 0 Å². The maximum absolute atomic E-state index is 9.43. The zero-order chi connectivity index (χ0) is 7.86. The molecule has 0 unspecified atom stereocenters. The second-order valence-corrected chi connectivity index (χ2v) is 1.42. The number of carbonyl (C=O) groups is 1. The molecule has 0 aromatic rings. The van der Waals surface area contributed by atoms with E-state index < -0.39 is 7.32 Å². The van der Waals surface area contributed by atoms with Crippen LogP contribution >= 0.6 is 0 Å². The van der Waals surface area contributed by atoms with E-state index in [1.54, 1.807) is 14.1 Å². The lowest BCUT2D eigenvalue weighted by Gasteiger charge is -1.93. The highest BCUT2D eigenvalue weighted by molar-refractivity contribution is 6.30. The van der Waals surface area contributed by atoms with E-state index in [-0.39, 0.29) is 0 Å². The Bertz CT molecular complexity index is 64.1. The van der Waals surface area contributed by atoms with Crippen molar-refractivity contribution in [2.75, 3.05) is 14.1 Å². The van der Waals surface area contributed by atoms with Crippen molar-refractivity contribution in [3.05, 3.63) is 0 Å². The molecule has 0 aromatic carbocycles. The quantitative estimate of drug-likeness (QED) is 0.278. The molecule has 0 atom stereocenters. The van der Waals surface area contributed by atoms with Gasteiger partial charge in [0, 0.05) is 14.1 Å². The molecule has 0 heterocycles. The molecule has 0 saturated heterocycles. The van der Waals surface area contributed by atoms with Gasteiger partial charge in [0.05, 0.1) is 0 Å². The number of hydrogen-bond acceptors (Lipinski definition) is 4. The van der Waals surface area contributed by atoms with E-state index in [1.807, 2.05) is 0 Å². The van der Waals surface area contributed by atoms with Gasteiger partial charge in [-0.2, -0.15) is 0 Å². The predicted octanol–water partition coefficient (Wildman–Crippen LogP) is -2.35. The first-order valence-electron chi connectivity index (χ1n) is 2.16. The van der Waals surface area contributed by atoms with Gasteiger partial charge in [0.2, 0.25) is 6.41 Å². The van der Waals surface area contributed by atoms with Crippen LogP contribution in [0.25, 0.3) is 0 Å². The number of nitrogens with zero attached hydrogens (tertiary/aromatic N) is 1. The Hall–Kier alpha value is -0.585. The molecular formula is C3H10BNO4.